The van der Waals surface area contributed by atoms with E-state index in [1.54, 1.807) is 32.0 Å². The number of hydrogen-bond donors (Lipinski definition) is 1. The molecule has 0 radical (unpaired) electrons. The first kappa shape index (κ1) is 20.7. The first-order chi connectivity index (χ1) is 14.7. The van der Waals surface area contributed by atoms with E-state index in [4.69, 9.17) is 16.3 Å². The molecule has 158 valence electrons. The minimum absolute atomic E-state index is 0.0422. The Morgan fingerprint density at radius 1 is 1.23 bits per heavy atom. The summed E-state index contributed by atoms with van der Waals surface area (Å²) < 4.78 is 20.2. The predicted molar refractivity (Wildman–Crippen MR) is 111 cm³/mol. The molecule has 1 atom stereocenters. The third kappa shape index (κ3) is 3.57. The van der Waals surface area contributed by atoms with Gasteiger partial charge in [0.05, 0.1) is 10.3 Å². The van der Waals surface area contributed by atoms with E-state index >= 15 is 0 Å². The molecular formula is C21H16ClFN4O4. The fourth-order valence-corrected chi connectivity index (χ4v) is 3.81. The van der Waals surface area contributed by atoms with Gasteiger partial charge in [-0.3, -0.25) is 14.9 Å². The Bertz CT molecular complexity index is 1220. The van der Waals surface area contributed by atoms with E-state index in [-0.39, 0.29) is 28.3 Å². The average Bonchev–Trinajstić information content (AvgIpc) is 2.72. The van der Waals surface area contributed by atoms with Gasteiger partial charge in [0.2, 0.25) is 17.6 Å². The highest BCUT2D eigenvalue weighted by molar-refractivity contribution is 6.29. The smallest absolute Gasteiger partial charge is 0.311 e. The van der Waals surface area contributed by atoms with Gasteiger partial charge in [-0.25, -0.2) is 14.4 Å². The van der Waals surface area contributed by atoms with Gasteiger partial charge in [0.15, 0.2) is 11.6 Å². The summed E-state index contributed by atoms with van der Waals surface area (Å²) >= 11 is 5.99. The van der Waals surface area contributed by atoms with Crippen LogP contribution in [0.2, 0.25) is 5.15 Å². The Balaban J connectivity index is 1.80. The van der Waals surface area contributed by atoms with Gasteiger partial charge in [-0.2, -0.15) is 0 Å². The number of pyridine rings is 2. The molecule has 10 heteroatoms. The average molecular weight is 443 g/mol. The van der Waals surface area contributed by atoms with E-state index in [0.29, 0.717) is 11.1 Å². The lowest BCUT2D eigenvalue weighted by Crippen LogP contribution is -2.38. The van der Waals surface area contributed by atoms with Crippen LogP contribution in [0.1, 0.15) is 30.9 Å². The molecule has 0 saturated heterocycles. The number of benzene rings is 1. The summed E-state index contributed by atoms with van der Waals surface area (Å²) in [5.41, 5.74) is -0.550. The van der Waals surface area contributed by atoms with Gasteiger partial charge in [0.25, 0.3) is 0 Å². The van der Waals surface area contributed by atoms with Crippen LogP contribution in [0.3, 0.4) is 0 Å². The van der Waals surface area contributed by atoms with Crippen molar-refractivity contribution in [2.45, 2.75) is 19.8 Å². The summed E-state index contributed by atoms with van der Waals surface area (Å²) in [6, 6.07) is 10.3. The van der Waals surface area contributed by atoms with Crippen LogP contribution in [0, 0.1) is 21.3 Å². The quantitative estimate of drug-likeness (QED) is 0.343. The van der Waals surface area contributed by atoms with Gasteiger partial charge in [-0.05, 0) is 24.3 Å². The molecule has 0 saturated carbocycles. The third-order valence-corrected chi connectivity index (χ3v) is 5.41. The molecule has 0 fully saturated rings. The van der Waals surface area contributed by atoms with Gasteiger partial charge in [-0.1, -0.05) is 37.6 Å². The molecule has 4 rings (SSSR count). The Labute approximate surface area is 181 Å². The van der Waals surface area contributed by atoms with Crippen LogP contribution in [0.25, 0.3) is 0 Å². The standard InChI is InChI=1S/C21H16ClFN4O4/c1-21(2,20(28)26-18-14(27(29)30)7-4-10-24-18)16-11-5-3-6-13(23)17(11)31-19-12(16)8-9-15(22)25-19/h3-10,16H,1-2H3,(H,24,26,28)/t16-/m0/s1. The van der Waals surface area contributed by atoms with Gasteiger partial charge in [0, 0.05) is 29.3 Å². The van der Waals surface area contributed by atoms with Crippen LogP contribution in [-0.4, -0.2) is 20.8 Å². The number of carbonyl (C=O) groups is 1. The Morgan fingerprint density at radius 3 is 2.74 bits per heavy atom. The predicted octanol–water partition coefficient (Wildman–Crippen LogP) is 5.08. The third-order valence-electron chi connectivity index (χ3n) is 5.20. The molecule has 1 aliphatic rings. The molecular weight excluding hydrogens is 427 g/mol. The van der Waals surface area contributed by atoms with Crippen molar-refractivity contribution in [3.63, 3.8) is 0 Å². The maximum Gasteiger partial charge on any atom is 0.311 e. The number of nitrogens with zero attached hydrogens (tertiary/aromatic N) is 3. The second kappa shape index (κ2) is 7.59. The Kier molecular flexibility index (Phi) is 5.06. The molecule has 1 aliphatic heterocycles. The number of nitrogens with one attached hydrogen (secondary N) is 1. The summed E-state index contributed by atoms with van der Waals surface area (Å²) in [5, 5.41) is 14.0. The minimum Gasteiger partial charge on any atom is -0.435 e. The molecule has 1 aromatic carbocycles. The molecule has 3 aromatic rings. The Morgan fingerprint density at radius 2 is 2.00 bits per heavy atom. The number of ether oxygens (including phenoxy) is 1. The van der Waals surface area contributed by atoms with Crippen molar-refractivity contribution in [3.05, 3.63) is 80.9 Å². The number of amides is 1. The van der Waals surface area contributed by atoms with Crippen LogP contribution in [0.15, 0.2) is 48.7 Å². The summed E-state index contributed by atoms with van der Waals surface area (Å²) in [4.78, 5) is 32.0. The Hall–Kier alpha value is -3.59. The highest BCUT2D eigenvalue weighted by Gasteiger charge is 2.45. The maximum atomic E-state index is 14.5. The van der Waals surface area contributed by atoms with E-state index in [1.807, 2.05) is 0 Å². The number of carbonyl (C=O) groups excluding carboxylic acids is 1. The SMILES string of the molecule is CC(C)(C(=O)Nc1ncccc1[N+](=O)[O-])[C@@H]1c2ccc(Cl)nc2Oc2c(F)cccc21. The lowest BCUT2D eigenvalue weighted by Gasteiger charge is -2.37. The number of fused-ring (bicyclic) bond motifs is 2. The van der Waals surface area contributed by atoms with Crippen molar-refractivity contribution < 1.29 is 18.8 Å². The summed E-state index contributed by atoms with van der Waals surface area (Å²) in [6.45, 7) is 3.31. The van der Waals surface area contributed by atoms with Crippen molar-refractivity contribution in [3.8, 4) is 11.6 Å². The molecule has 0 spiro atoms. The number of aromatic nitrogens is 2. The molecule has 1 N–H and O–H groups in total. The zero-order valence-corrected chi connectivity index (χ0v) is 17.2. The molecule has 1 amide bonds. The summed E-state index contributed by atoms with van der Waals surface area (Å²) in [5.74, 6) is -1.94. The zero-order valence-electron chi connectivity index (χ0n) is 16.4. The fraction of sp³-hybridized carbons (Fsp3) is 0.190. The lowest BCUT2D eigenvalue weighted by molar-refractivity contribution is -0.384. The van der Waals surface area contributed by atoms with Gasteiger partial charge < -0.3 is 10.1 Å². The van der Waals surface area contributed by atoms with E-state index in [1.165, 1.54) is 30.5 Å². The topological polar surface area (TPSA) is 107 Å². The lowest BCUT2D eigenvalue weighted by atomic mass is 9.69. The van der Waals surface area contributed by atoms with Gasteiger partial charge in [0.1, 0.15) is 5.15 Å². The number of nitro groups is 1. The van der Waals surface area contributed by atoms with Crippen molar-refractivity contribution in [1.29, 1.82) is 0 Å². The van der Waals surface area contributed by atoms with E-state index in [9.17, 15) is 19.3 Å². The number of rotatable bonds is 4. The van der Waals surface area contributed by atoms with E-state index in [0.717, 1.165) is 0 Å². The number of anilines is 1. The molecule has 0 aliphatic carbocycles. The molecule has 31 heavy (non-hydrogen) atoms. The maximum absolute atomic E-state index is 14.5. The molecule has 0 bridgehead atoms. The number of para-hydroxylation sites is 1. The normalized spacial score (nSPS) is 14.8. The van der Waals surface area contributed by atoms with Crippen molar-refractivity contribution in [1.82, 2.24) is 9.97 Å². The van der Waals surface area contributed by atoms with Crippen LogP contribution < -0.4 is 10.1 Å². The zero-order chi connectivity index (χ0) is 22.3. The molecule has 3 heterocycles. The minimum atomic E-state index is -1.21. The monoisotopic (exact) mass is 442 g/mol. The van der Waals surface area contributed by atoms with Crippen LogP contribution in [0.4, 0.5) is 15.9 Å². The van der Waals surface area contributed by atoms with Crippen molar-refractivity contribution in [2.75, 3.05) is 5.32 Å². The second-order valence-electron chi connectivity index (χ2n) is 7.53. The molecule has 2 aromatic heterocycles. The van der Waals surface area contributed by atoms with Crippen LogP contribution in [0.5, 0.6) is 11.6 Å². The van der Waals surface area contributed by atoms with Crippen molar-refractivity contribution >= 4 is 29.0 Å². The molecule has 0 unspecified atom stereocenters. The van der Waals surface area contributed by atoms with Crippen LogP contribution >= 0.6 is 11.6 Å². The van der Waals surface area contributed by atoms with Gasteiger partial charge in [-0.15, -0.1) is 0 Å². The first-order valence-electron chi connectivity index (χ1n) is 9.23. The van der Waals surface area contributed by atoms with E-state index in [2.05, 4.69) is 15.3 Å². The largest absolute Gasteiger partial charge is 0.435 e. The number of hydrogen-bond acceptors (Lipinski definition) is 6. The molecule has 8 nitrogen and oxygen atoms in total. The van der Waals surface area contributed by atoms with E-state index < -0.39 is 28.0 Å². The second-order valence-corrected chi connectivity index (χ2v) is 7.91. The highest BCUT2D eigenvalue weighted by Crippen LogP contribution is 2.52. The summed E-state index contributed by atoms with van der Waals surface area (Å²) in [6.07, 6.45) is 1.34. The first-order valence-corrected chi connectivity index (χ1v) is 9.61. The summed E-state index contributed by atoms with van der Waals surface area (Å²) in [7, 11) is 0. The van der Waals surface area contributed by atoms with Gasteiger partial charge >= 0.3 is 5.69 Å². The van der Waals surface area contributed by atoms with Crippen LogP contribution in [-0.2, 0) is 4.79 Å². The highest BCUT2D eigenvalue weighted by atomic mass is 35.5. The fourth-order valence-electron chi connectivity index (χ4n) is 3.67. The number of halogens is 2. The van der Waals surface area contributed by atoms with Crippen molar-refractivity contribution in [2.24, 2.45) is 5.41 Å².